The Morgan fingerprint density at radius 3 is 0.802 bits per heavy atom. The first-order chi connectivity index (χ1) is 60.7. The third-order valence-electron chi connectivity index (χ3n) is 26.3. The first-order valence-electron chi connectivity index (χ1n) is 49.4. The maximum atomic E-state index is 2.48. The molecule has 0 saturated carbocycles. The molecule has 13 aromatic rings. The molecule has 0 nitrogen and oxygen atoms in total. The molecule has 13 aromatic carbocycles. The van der Waals surface area contributed by atoms with Crippen LogP contribution in [-0.2, 0) is 25.7 Å². The summed E-state index contributed by atoms with van der Waals surface area (Å²) in [5.74, 6) is 3.44. The highest BCUT2D eigenvalue weighted by atomic mass is 14.2. The SMILES string of the molecule is CCCCC(CC)Cc1cc(C)cc2c(CC(CC)CCCC)cc(C)cc12.CCCCC(CCC)CCc1cc(C)cc2c(CCC(CCC)CCCC)cc(C)cc12.Cc1cc(-c2ccccc2)c(C)cc1-c1ccccc1.Cc1cc(C)cc(-c2ccccc2)c1.Cc1ccc(-c2ccc(C)cc2C)c(C)c1.Cc1ccc(C)c(-c2cc(C)ccc2C)c1. The van der Waals surface area contributed by atoms with E-state index in [0.717, 1.165) is 23.7 Å². The van der Waals surface area contributed by atoms with Gasteiger partial charge in [0.15, 0.2) is 0 Å². The molecule has 0 aliphatic rings. The average Bonchev–Trinajstić information content (AvgIpc) is 0.640. The third kappa shape index (κ3) is 32.0. The van der Waals surface area contributed by atoms with Crippen molar-refractivity contribution < 1.29 is 0 Å². The van der Waals surface area contributed by atoms with Crippen molar-refractivity contribution in [3.63, 3.8) is 0 Å². The molecule has 0 heteroatoms. The maximum Gasteiger partial charge on any atom is -0.0146 e. The molecule has 4 atom stereocenters. The summed E-state index contributed by atoms with van der Waals surface area (Å²) in [6.07, 6.45) is 32.0. The standard InChI is InChI=1S/C32H52.C28H44.C20H18.2C16H18.C14H14/c1-7-11-15-27(13-9-3)17-19-29-21-25(5)24-32-30(22-26(6)23-31(29)32)20-18-28(14-10-4)16-12-8-2;1-7-11-13-23(9-3)19-25-15-21(5)18-28-26(16-22(6)17-27(25)28)20-24(10-4)14-12-8-2;1-15-13-20(18-11-7-4-8-12-18)16(2)14-19(15)17-9-5-3-6-10-17;1-11-5-7-15(13(3)9-11)16-8-6-12(2)10-14(16)4;1-11-5-7-13(3)15(9-11)16-10-12(2)6-8-14(16)4;1-11-8-12(2)10-14(9-11)13-6-4-3-5-7-13/h21-24,27-28H,7-20H2,1-6H3;15-18,23-24H,7-14,19-20H2,1-6H3;3-14H,1-2H3;2*5-10H,1-4H3;3-10H,1-2H3. The van der Waals surface area contributed by atoms with Gasteiger partial charge in [0.1, 0.15) is 0 Å². The predicted octanol–water partition coefficient (Wildman–Crippen LogP) is 38.3. The van der Waals surface area contributed by atoms with Gasteiger partial charge in [-0.05, 0) is 306 Å². The molecule has 0 fully saturated rings. The van der Waals surface area contributed by atoms with Crippen molar-refractivity contribution in [2.75, 3.05) is 0 Å². The van der Waals surface area contributed by atoms with Crippen LogP contribution in [0.4, 0.5) is 0 Å². The number of unbranched alkanes of at least 4 members (excludes halogenated alkanes) is 4. The Morgan fingerprint density at radius 2 is 0.476 bits per heavy atom. The van der Waals surface area contributed by atoms with Crippen molar-refractivity contribution in [3.05, 3.63) is 354 Å². The molecular formula is C126H164. The third-order valence-corrected chi connectivity index (χ3v) is 26.3. The summed E-state index contributed by atoms with van der Waals surface area (Å²) in [5, 5.41) is 6.13. The van der Waals surface area contributed by atoms with Gasteiger partial charge >= 0.3 is 0 Å². The van der Waals surface area contributed by atoms with Crippen LogP contribution >= 0.6 is 0 Å². The second-order valence-corrected chi connectivity index (χ2v) is 38.0. The summed E-state index contributed by atoms with van der Waals surface area (Å²) in [6.45, 7) is 53.8. The summed E-state index contributed by atoms with van der Waals surface area (Å²) in [6, 6.07) is 89.2. The molecule has 0 aliphatic heterocycles. The van der Waals surface area contributed by atoms with Gasteiger partial charge in [-0.15, -0.1) is 0 Å². The highest BCUT2D eigenvalue weighted by Gasteiger charge is 2.19. The molecule has 13 rings (SSSR count). The Balaban J connectivity index is 0.000000192. The topological polar surface area (TPSA) is 0 Å². The quantitative estimate of drug-likeness (QED) is 0.0385. The van der Waals surface area contributed by atoms with Gasteiger partial charge in [-0.1, -0.05) is 469 Å². The minimum Gasteiger partial charge on any atom is -0.0654 e. The Morgan fingerprint density at radius 1 is 0.183 bits per heavy atom. The number of hydrogen-bond donors (Lipinski definition) is 0. The van der Waals surface area contributed by atoms with Crippen LogP contribution in [0.3, 0.4) is 0 Å². The number of benzene rings is 13. The number of rotatable bonds is 33. The molecule has 0 spiro atoms. The zero-order valence-electron chi connectivity index (χ0n) is 83.4. The van der Waals surface area contributed by atoms with Gasteiger partial charge in [0.2, 0.25) is 0 Å². The molecule has 0 N–H and O–H groups in total. The molecule has 4 unspecified atom stereocenters. The van der Waals surface area contributed by atoms with Gasteiger partial charge < -0.3 is 0 Å². The average molecular weight is 1680 g/mol. The van der Waals surface area contributed by atoms with Crippen LogP contribution in [0.5, 0.6) is 0 Å². The van der Waals surface area contributed by atoms with Crippen LogP contribution in [0.15, 0.2) is 243 Å². The molecular weight excluding hydrogens is 1510 g/mol. The van der Waals surface area contributed by atoms with Crippen molar-refractivity contribution in [3.8, 4) is 55.6 Å². The van der Waals surface area contributed by atoms with E-state index in [1.807, 2.05) is 6.07 Å². The molecule has 0 aliphatic carbocycles. The lowest BCUT2D eigenvalue weighted by molar-refractivity contribution is 0.402. The van der Waals surface area contributed by atoms with Gasteiger partial charge in [0, 0.05) is 0 Å². The lowest BCUT2D eigenvalue weighted by atomic mass is 9.85. The van der Waals surface area contributed by atoms with Crippen LogP contribution in [0.25, 0.3) is 77.2 Å². The fraction of sp³-hybridized carbons (Fsp3) is 0.413. The Labute approximate surface area is 769 Å². The molecule has 0 bridgehead atoms. The lowest BCUT2D eigenvalue weighted by Crippen LogP contribution is -2.07. The number of fused-ring (bicyclic) bond motifs is 2. The largest absolute Gasteiger partial charge is 0.0654 e. The summed E-state index contributed by atoms with van der Waals surface area (Å²) in [4.78, 5) is 0. The zero-order valence-corrected chi connectivity index (χ0v) is 83.4. The molecule has 0 heterocycles. The second-order valence-electron chi connectivity index (χ2n) is 38.0. The van der Waals surface area contributed by atoms with Crippen LogP contribution in [0, 0.1) is 134 Å². The van der Waals surface area contributed by atoms with Gasteiger partial charge in [0.05, 0.1) is 0 Å². The molecule has 0 saturated heterocycles. The van der Waals surface area contributed by atoms with E-state index in [1.165, 1.54) is 320 Å². The van der Waals surface area contributed by atoms with Crippen molar-refractivity contribution >= 4 is 21.5 Å². The van der Waals surface area contributed by atoms with Gasteiger partial charge in [-0.3, -0.25) is 0 Å². The van der Waals surface area contributed by atoms with Crippen LogP contribution < -0.4 is 0 Å². The summed E-state index contributed by atoms with van der Waals surface area (Å²) in [7, 11) is 0. The van der Waals surface area contributed by atoms with Crippen LogP contribution in [0.1, 0.15) is 295 Å². The second kappa shape index (κ2) is 53.2. The fourth-order valence-corrected chi connectivity index (χ4v) is 19.2. The monoisotopic (exact) mass is 1680 g/mol. The van der Waals surface area contributed by atoms with E-state index in [4.69, 9.17) is 0 Å². The van der Waals surface area contributed by atoms with Crippen LogP contribution in [-0.4, -0.2) is 0 Å². The predicted molar refractivity (Wildman–Crippen MR) is 563 cm³/mol. The van der Waals surface area contributed by atoms with E-state index in [0.29, 0.717) is 0 Å². The lowest BCUT2D eigenvalue weighted by Gasteiger charge is -2.20. The smallest absolute Gasteiger partial charge is 0.0146 e. The molecule has 0 radical (unpaired) electrons. The van der Waals surface area contributed by atoms with E-state index in [9.17, 15) is 0 Å². The molecule has 126 heavy (non-hydrogen) atoms. The van der Waals surface area contributed by atoms with E-state index < -0.39 is 0 Å². The summed E-state index contributed by atoms with van der Waals surface area (Å²) < 4.78 is 0. The Hall–Kier alpha value is -9.62. The van der Waals surface area contributed by atoms with E-state index in [1.54, 1.807) is 22.3 Å². The highest BCUT2D eigenvalue weighted by Crippen LogP contribution is 2.38. The van der Waals surface area contributed by atoms with Crippen molar-refractivity contribution in [2.24, 2.45) is 23.7 Å². The van der Waals surface area contributed by atoms with Gasteiger partial charge in [-0.25, -0.2) is 0 Å². The van der Waals surface area contributed by atoms with Crippen molar-refractivity contribution in [1.29, 1.82) is 0 Å². The number of hydrogen-bond acceptors (Lipinski definition) is 0. The highest BCUT2D eigenvalue weighted by molar-refractivity contribution is 5.91. The fourth-order valence-electron chi connectivity index (χ4n) is 19.2. The summed E-state index contributed by atoms with van der Waals surface area (Å²) in [5.41, 5.74) is 41.3. The van der Waals surface area contributed by atoms with Crippen molar-refractivity contribution in [1.82, 2.24) is 0 Å². The zero-order chi connectivity index (χ0) is 91.2. The van der Waals surface area contributed by atoms with E-state index in [-0.39, 0.29) is 0 Å². The maximum absolute atomic E-state index is 2.48. The van der Waals surface area contributed by atoms with Gasteiger partial charge in [-0.2, -0.15) is 0 Å². The van der Waals surface area contributed by atoms with E-state index >= 15 is 0 Å². The molecule has 0 aromatic heterocycles. The molecule has 668 valence electrons. The van der Waals surface area contributed by atoms with Gasteiger partial charge in [0.25, 0.3) is 0 Å². The minimum atomic E-state index is 0.821. The summed E-state index contributed by atoms with van der Waals surface area (Å²) >= 11 is 0. The minimum absolute atomic E-state index is 0.821. The van der Waals surface area contributed by atoms with Crippen molar-refractivity contribution in [2.45, 2.75) is 320 Å². The van der Waals surface area contributed by atoms with Crippen LogP contribution in [0.2, 0.25) is 0 Å². The van der Waals surface area contributed by atoms with E-state index in [2.05, 4.69) is 403 Å². The first kappa shape index (κ1) is 102. The Kier molecular flexibility index (Phi) is 43.0. The molecule has 0 amide bonds. The normalized spacial score (nSPS) is 12.0. The number of aryl methyl sites for hydroxylation is 18. The first-order valence-corrected chi connectivity index (χ1v) is 49.4. The Bertz CT molecular complexity index is 5110.